The molecule has 8 heteroatoms. The summed E-state index contributed by atoms with van der Waals surface area (Å²) in [5, 5.41) is 0. The minimum atomic E-state index is -3.60. The van der Waals surface area contributed by atoms with Crippen LogP contribution in [0.5, 0.6) is 5.75 Å². The first kappa shape index (κ1) is 20.6. The molecule has 4 rings (SSSR count). The topological polar surface area (TPSA) is 70.2 Å². The number of sulfonamides is 1. The Morgan fingerprint density at radius 1 is 0.966 bits per heavy atom. The Bertz CT molecular complexity index is 821. The third-order valence-electron chi connectivity index (χ3n) is 6.56. The van der Waals surface area contributed by atoms with Crippen LogP contribution in [0.4, 0.5) is 0 Å². The zero-order chi connectivity index (χ0) is 20.4. The minimum absolute atomic E-state index is 0.126. The lowest BCUT2D eigenvalue weighted by Crippen LogP contribution is -2.47. The molecule has 1 amide bonds. The summed E-state index contributed by atoms with van der Waals surface area (Å²) < 4.78 is 32.7. The summed E-state index contributed by atoms with van der Waals surface area (Å²) >= 11 is 0. The van der Waals surface area contributed by atoms with E-state index in [0.717, 1.165) is 45.4 Å². The fraction of sp³-hybridized carbons (Fsp3) is 0.667. The predicted octanol–water partition coefficient (Wildman–Crippen LogP) is 1.79. The molecule has 0 spiro atoms. The Morgan fingerprint density at radius 2 is 1.69 bits per heavy atom. The molecule has 1 aromatic carbocycles. The molecule has 0 bridgehead atoms. The van der Waals surface area contributed by atoms with Crippen LogP contribution in [-0.4, -0.2) is 80.9 Å². The Kier molecular flexibility index (Phi) is 6.13. The summed E-state index contributed by atoms with van der Waals surface area (Å²) in [5.74, 6) is 0.507. The zero-order valence-corrected chi connectivity index (χ0v) is 17.9. The van der Waals surface area contributed by atoms with Gasteiger partial charge in [-0.25, -0.2) is 8.42 Å². The molecule has 0 N–H and O–H groups in total. The van der Waals surface area contributed by atoms with E-state index in [4.69, 9.17) is 4.74 Å². The van der Waals surface area contributed by atoms with Gasteiger partial charge in [0.05, 0.1) is 17.9 Å². The fourth-order valence-corrected chi connectivity index (χ4v) is 6.39. The molecule has 0 aliphatic carbocycles. The molecule has 0 radical (unpaired) electrons. The van der Waals surface area contributed by atoms with Gasteiger partial charge in [0.1, 0.15) is 5.75 Å². The second-order valence-corrected chi connectivity index (χ2v) is 10.3. The highest BCUT2D eigenvalue weighted by Gasteiger charge is 2.38. The second-order valence-electron chi connectivity index (χ2n) is 8.35. The van der Waals surface area contributed by atoms with E-state index in [1.54, 1.807) is 31.4 Å². The highest BCUT2D eigenvalue weighted by Crippen LogP contribution is 2.28. The predicted molar refractivity (Wildman–Crippen MR) is 110 cm³/mol. The first-order valence-corrected chi connectivity index (χ1v) is 12.1. The summed E-state index contributed by atoms with van der Waals surface area (Å²) in [6.07, 6.45) is 5.02. The van der Waals surface area contributed by atoms with Crippen molar-refractivity contribution in [2.24, 2.45) is 5.92 Å². The van der Waals surface area contributed by atoms with Gasteiger partial charge in [-0.2, -0.15) is 4.31 Å². The van der Waals surface area contributed by atoms with E-state index in [1.807, 2.05) is 4.90 Å². The van der Waals surface area contributed by atoms with Gasteiger partial charge in [-0.1, -0.05) is 0 Å². The molecular weight excluding hydrogens is 390 g/mol. The SMILES string of the molecule is COc1ccc(S(=O)(=O)N2CCCC(C(=O)N3CCC(N4CCCC4)C3)C2)cc1. The summed E-state index contributed by atoms with van der Waals surface area (Å²) in [7, 11) is -2.05. The van der Waals surface area contributed by atoms with Gasteiger partial charge < -0.3 is 9.64 Å². The molecule has 7 nitrogen and oxygen atoms in total. The summed E-state index contributed by atoms with van der Waals surface area (Å²) in [6, 6.07) is 6.93. The normalized spacial score (nSPS) is 26.7. The number of likely N-dealkylation sites (tertiary alicyclic amines) is 2. The highest BCUT2D eigenvalue weighted by atomic mass is 32.2. The maximum absolute atomic E-state index is 13.1. The summed E-state index contributed by atoms with van der Waals surface area (Å²) in [6.45, 7) is 4.61. The van der Waals surface area contributed by atoms with Crippen molar-refractivity contribution in [1.82, 2.24) is 14.1 Å². The summed E-state index contributed by atoms with van der Waals surface area (Å²) in [4.78, 5) is 17.9. The second kappa shape index (κ2) is 8.62. The molecular formula is C21H31N3O4S. The van der Waals surface area contributed by atoms with Crippen molar-refractivity contribution in [1.29, 1.82) is 0 Å². The number of nitrogens with zero attached hydrogens (tertiary/aromatic N) is 3. The zero-order valence-electron chi connectivity index (χ0n) is 17.1. The van der Waals surface area contributed by atoms with Crippen LogP contribution < -0.4 is 4.74 Å². The molecule has 2 atom stereocenters. The highest BCUT2D eigenvalue weighted by molar-refractivity contribution is 7.89. The smallest absolute Gasteiger partial charge is 0.243 e. The quantitative estimate of drug-likeness (QED) is 0.725. The van der Waals surface area contributed by atoms with Crippen molar-refractivity contribution in [2.45, 2.75) is 43.0 Å². The molecule has 2 unspecified atom stereocenters. The first-order valence-electron chi connectivity index (χ1n) is 10.7. The average molecular weight is 422 g/mol. The van der Waals surface area contributed by atoms with Gasteiger partial charge >= 0.3 is 0 Å². The van der Waals surface area contributed by atoms with E-state index in [0.29, 0.717) is 18.3 Å². The molecule has 3 fully saturated rings. The minimum Gasteiger partial charge on any atom is -0.497 e. The third-order valence-corrected chi connectivity index (χ3v) is 8.44. The van der Waals surface area contributed by atoms with Crippen molar-refractivity contribution >= 4 is 15.9 Å². The van der Waals surface area contributed by atoms with Gasteiger partial charge in [-0.15, -0.1) is 0 Å². The molecule has 3 aliphatic rings. The molecule has 160 valence electrons. The lowest BCUT2D eigenvalue weighted by atomic mass is 9.98. The molecule has 0 aromatic heterocycles. The van der Waals surface area contributed by atoms with Crippen LogP contribution in [-0.2, 0) is 14.8 Å². The molecule has 3 saturated heterocycles. The van der Waals surface area contributed by atoms with Gasteiger partial charge in [0.2, 0.25) is 15.9 Å². The van der Waals surface area contributed by atoms with Crippen molar-refractivity contribution < 1.29 is 17.9 Å². The van der Waals surface area contributed by atoms with Crippen LogP contribution in [0.1, 0.15) is 32.1 Å². The van der Waals surface area contributed by atoms with Crippen LogP contribution in [0, 0.1) is 5.92 Å². The number of piperidine rings is 1. The fourth-order valence-electron chi connectivity index (χ4n) is 4.86. The van der Waals surface area contributed by atoms with E-state index >= 15 is 0 Å². The number of hydrogen-bond acceptors (Lipinski definition) is 5. The van der Waals surface area contributed by atoms with Crippen molar-refractivity contribution in [2.75, 3.05) is 46.4 Å². The first-order chi connectivity index (χ1) is 14.0. The number of methoxy groups -OCH3 is 1. The lowest BCUT2D eigenvalue weighted by Gasteiger charge is -2.33. The standard InChI is InChI=1S/C21H31N3O4S/c1-28-19-6-8-20(9-7-19)29(26,27)24-13-4-5-17(15-24)21(25)23-14-10-18(16-23)22-11-2-3-12-22/h6-9,17-18H,2-5,10-16H2,1H3. The lowest BCUT2D eigenvalue weighted by molar-refractivity contribution is -0.135. The largest absolute Gasteiger partial charge is 0.497 e. The molecule has 3 heterocycles. The van der Waals surface area contributed by atoms with Crippen LogP contribution in [0.25, 0.3) is 0 Å². The number of carbonyl (C=O) groups excluding carboxylic acids is 1. The van der Waals surface area contributed by atoms with Gasteiger partial charge in [0, 0.05) is 32.2 Å². The molecule has 29 heavy (non-hydrogen) atoms. The van der Waals surface area contributed by atoms with Crippen molar-refractivity contribution in [3.05, 3.63) is 24.3 Å². The Morgan fingerprint density at radius 3 is 2.38 bits per heavy atom. The van der Waals surface area contributed by atoms with Crippen molar-refractivity contribution in [3.63, 3.8) is 0 Å². The van der Waals surface area contributed by atoms with Gasteiger partial charge in [-0.05, 0) is 69.5 Å². The number of benzene rings is 1. The average Bonchev–Trinajstić information content (AvgIpc) is 3.45. The number of carbonyl (C=O) groups is 1. The molecule has 0 saturated carbocycles. The van der Waals surface area contributed by atoms with Crippen LogP contribution in [0.3, 0.4) is 0 Å². The molecule has 1 aromatic rings. The van der Waals surface area contributed by atoms with Crippen LogP contribution >= 0.6 is 0 Å². The number of amides is 1. The van der Waals surface area contributed by atoms with Crippen LogP contribution in [0.2, 0.25) is 0 Å². The van der Waals surface area contributed by atoms with Gasteiger partial charge in [-0.3, -0.25) is 9.69 Å². The van der Waals surface area contributed by atoms with Gasteiger partial charge in [0.15, 0.2) is 0 Å². The third kappa shape index (κ3) is 4.29. The van der Waals surface area contributed by atoms with Gasteiger partial charge in [0.25, 0.3) is 0 Å². The van der Waals surface area contributed by atoms with Crippen molar-refractivity contribution in [3.8, 4) is 5.75 Å². The van der Waals surface area contributed by atoms with E-state index in [2.05, 4.69) is 4.90 Å². The maximum atomic E-state index is 13.1. The number of rotatable bonds is 5. The Hall–Kier alpha value is -1.64. The summed E-state index contributed by atoms with van der Waals surface area (Å²) in [5.41, 5.74) is 0. The van der Waals surface area contributed by atoms with E-state index < -0.39 is 10.0 Å². The Labute approximate surface area is 173 Å². The van der Waals surface area contributed by atoms with Crippen LogP contribution in [0.15, 0.2) is 29.2 Å². The monoisotopic (exact) mass is 421 g/mol. The van der Waals surface area contributed by atoms with E-state index in [1.165, 1.54) is 17.1 Å². The maximum Gasteiger partial charge on any atom is 0.243 e. The number of hydrogen-bond donors (Lipinski definition) is 0. The number of ether oxygens (including phenoxy) is 1. The van der Waals surface area contributed by atoms with E-state index in [9.17, 15) is 13.2 Å². The molecule has 3 aliphatic heterocycles. The Balaban J connectivity index is 1.40. The van der Waals surface area contributed by atoms with E-state index in [-0.39, 0.29) is 23.3 Å².